The lowest BCUT2D eigenvalue weighted by Crippen LogP contribution is -2.25. The molecule has 16 heavy (non-hydrogen) atoms. The van der Waals surface area contributed by atoms with Crippen LogP contribution in [-0.2, 0) is 18.4 Å². The average molecular weight is 218 g/mol. The quantitative estimate of drug-likeness (QED) is 0.653. The van der Waals surface area contributed by atoms with Crippen molar-refractivity contribution in [1.82, 2.24) is 9.55 Å². The molecule has 0 amide bonds. The molecule has 0 saturated heterocycles. The Labute approximate surface area is 98.1 Å². The Bertz CT molecular complexity index is 428. The first-order valence-electron chi connectivity index (χ1n) is 6.59. The first kappa shape index (κ1) is 10.4. The van der Waals surface area contributed by atoms with Crippen molar-refractivity contribution in [3.63, 3.8) is 0 Å². The van der Waals surface area contributed by atoms with Crippen molar-refractivity contribution in [2.24, 2.45) is 5.92 Å². The highest BCUT2D eigenvalue weighted by Gasteiger charge is 2.41. The number of rotatable bonds is 0. The Morgan fingerprint density at radius 3 is 2.81 bits per heavy atom. The van der Waals surface area contributed by atoms with Crippen LogP contribution in [0.5, 0.6) is 0 Å². The van der Waals surface area contributed by atoms with E-state index in [1.807, 2.05) is 0 Å². The topological polar surface area (TPSA) is 17.8 Å². The Hall–Kier alpha value is -0.790. The number of aromatic nitrogens is 2. The number of fused-ring (bicyclic) bond motifs is 3. The lowest BCUT2D eigenvalue weighted by Gasteiger charge is -2.27. The number of imidazole rings is 1. The van der Waals surface area contributed by atoms with Crippen molar-refractivity contribution >= 4 is 0 Å². The van der Waals surface area contributed by atoms with Crippen LogP contribution < -0.4 is 0 Å². The smallest absolute Gasteiger partial charge is 0.109 e. The van der Waals surface area contributed by atoms with Crippen molar-refractivity contribution in [3.8, 4) is 0 Å². The Morgan fingerprint density at radius 1 is 1.31 bits per heavy atom. The van der Waals surface area contributed by atoms with Crippen LogP contribution in [0.15, 0.2) is 0 Å². The molecular formula is C14H22N2. The molecule has 0 radical (unpaired) electrons. The standard InChI is InChI=1S/C14H22N2/c1-9-5-6-11-15-12-10(2)7-14(3,4)13(12)16(11)8-9/h9-10H,5-8H2,1-4H3. The summed E-state index contributed by atoms with van der Waals surface area (Å²) in [6.07, 6.45) is 3.75. The second-order valence-electron chi connectivity index (χ2n) is 6.51. The van der Waals surface area contributed by atoms with Crippen molar-refractivity contribution < 1.29 is 0 Å². The maximum Gasteiger partial charge on any atom is 0.109 e. The van der Waals surface area contributed by atoms with Gasteiger partial charge >= 0.3 is 0 Å². The third-order valence-electron chi connectivity index (χ3n) is 4.35. The van der Waals surface area contributed by atoms with Crippen LogP contribution in [0.25, 0.3) is 0 Å². The molecule has 1 aliphatic carbocycles. The molecule has 2 aliphatic rings. The first-order valence-corrected chi connectivity index (χ1v) is 6.59. The summed E-state index contributed by atoms with van der Waals surface area (Å²) in [5.41, 5.74) is 3.27. The van der Waals surface area contributed by atoms with Gasteiger partial charge in [-0.15, -0.1) is 0 Å². The molecule has 0 spiro atoms. The lowest BCUT2D eigenvalue weighted by atomic mass is 9.88. The fraction of sp³-hybridized carbons (Fsp3) is 0.786. The molecule has 2 atom stereocenters. The fourth-order valence-corrected chi connectivity index (χ4v) is 3.70. The van der Waals surface area contributed by atoms with E-state index >= 15 is 0 Å². The average Bonchev–Trinajstić information content (AvgIpc) is 2.64. The number of nitrogens with zero attached hydrogens (tertiary/aromatic N) is 2. The van der Waals surface area contributed by atoms with E-state index in [9.17, 15) is 0 Å². The van der Waals surface area contributed by atoms with Gasteiger partial charge in [0.2, 0.25) is 0 Å². The first-order chi connectivity index (χ1) is 7.49. The van der Waals surface area contributed by atoms with E-state index in [4.69, 9.17) is 4.98 Å². The molecule has 1 aromatic heterocycles. The molecule has 1 aliphatic heterocycles. The maximum absolute atomic E-state index is 4.91. The fourth-order valence-electron chi connectivity index (χ4n) is 3.70. The molecule has 0 aromatic carbocycles. The summed E-state index contributed by atoms with van der Waals surface area (Å²) in [4.78, 5) is 4.91. The van der Waals surface area contributed by atoms with Gasteiger partial charge in [0.1, 0.15) is 5.82 Å². The number of hydrogen-bond acceptors (Lipinski definition) is 1. The van der Waals surface area contributed by atoms with Crippen LogP contribution in [0.1, 0.15) is 63.7 Å². The zero-order valence-electron chi connectivity index (χ0n) is 10.9. The van der Waals surface area contributed by atoms with Crippen molar-refractivity contribution in [2.45, 2.75) is 64.8 Å². The molecule has 2 heteroatoms. The molecule has 2 unspecified atom stereocenters. The minimum Gasteiger partial charge on any atom is -0.331 e. The van der Waals surface area contributed by atoms with Gasteiger partial charge in [-0.1, -0.05) is 27.7 Å². The summed E-state index contributed by atoms with van der Waals surface area (Å²) >= 11 is 0. The summed E-state index contributed by atoms with van der Waals surface area (Å²) in [5, 5.41) is 0. The predicted octanol–water partition coefficient (Wildman–Crippen LogP) is 3.25. The van der Waals surface area contributed by atoms with E-state index in [-0.39, 0.29) is 0 Å². The Morgan fingerprint density at radius 2 is 2.06 bits per heavy atom. The van der Waals surface area contributed by atoms with Crippen molar-refractivity contribution in [1.29, 1.82) is 0 Å². The molecule has 3 rings (SSSR count). The van der Waals surface area contributed by atoms with E-state index in [1.165, 1.54) is 37.3 Å². The molecule has 2 nitrogen and oxygen atoms in total. The second-order valence-corrected chi connectivity index (χ2v) is 6.51. The zero-order valence-corrected chi connectivity index (χ0v) is 10.9. The van der Waals surface area contributed by atoms with E-state index in [0.717, 1.165) is 5.92 Å². The third kappa shape index (κ3) is 1.28. The Kier molecular flexibility index (Phi) is 2.02. The molecule has 1 aromatic rings. The minimum absolute atomic E-state index is 0.330. The van der Waals surface area contributed by atoms with Crippen LogP contribution in [0, 0.1) is 5.92 Å². The van der Waals surface area contributed by atoms with E-state index < -0.39 is 0 Å². The van der Waals surface area contributed by atoms with Gasteiger partial charge in [0.05, 0.1) is 5.69 Å². The second kappa shape index (κ2) is 3.12. The van der Waals surface area contributed by atoms with Gasteiger partial charge in [0.15, 0.2) is 0 Å². The number of aryl methyl sites for hydroxylation is 1. The van der Waals surface area contributed by atoms with E-state index in [1.54, 1.807) is 5.69 Å². The minimum atomic E-state index is 0.330. The molecule has 0 fully saturated rings. The lowest BCUT2D eigenvalue weighted by molar-refractivity contribution is 0.360. The van der Waals surface area contributed by atoms with Gasteiger partial charge < -0.3 is 4.57 Å². The molecular weight excluding hydrogens is 196 g/mol. The van der Waals surface area contributed by atoms with Gasteiger partial charge in [-0.3, -0.25) is 0 Å². The van der Waals surface area contributed by atoms with Crippen LogP contribution in [0.2, 0.25) is 0 Å². The molecule has 0 bridgehead atoms. The summed E-state index contributed by atoms with van der Waals surface area (Å²) in [6.45, 7) is 10.6. The summed E-state index contributed by atoms with van der Waals surface area (Å²) < 4.78 is 2.53. The molecule has 88 valence electrons. The monoisotopic (exact) mass is 218 g/mol. The van der Waals surface area contributed by atoms with E-state index in [0.29, 0.717) is 11.3 Å². The van der Waals surface area contributed by atoms with Crippen LogP contribution in [0.4, 0.5) is 0 Å². The highest BCUT2D eigenvalue weighted by atomic mass is 15.1. The van der Waals surface area contributed by atoms with Gasteiger partial charge in [-0.25, -0.2) is 4.98 Å². The highest BCUT2D eigenvalue weighted by molar-refractivity contribution is 5.34. The summed E-state index contributed by atoms with van der Waals surface area (Å²) in [7, 11) is 0. The summed E-state index contributed by atoms with van der Waals surface area (Å²) in [5.74, 6) is 2.82. The van der Waals surface area contributed by atoms with Gasteiger partial charge in [-0.2, -0.15) is 0 Å². The summed E-state index contributed by atoms with van der Waals surface area (Å²) in [6, 6.07) is 0. The van der Waals surface area contributed by atoms with Crippen LogP contribution in [0.3, 0.4) is 0 Å². The van der Waals surface area contributed by atoms with Gasteiger partial charge in [0.25, 0.3) is 0 Å². The largest absolute Gasteiger partial charge is 0.331 e. The number of hydrogen-bond donors (Lipinski definition) is 0. The highest BCUT2D eigenvalue weighted by Crippen LogP contribution is 2.46. The van der Waals surface area contributed by atoms with E-state index in [2.05, 4.69) is 32.3 Å². The predicted molar refractivity (Wildman–Crippen MR) is 65.8 cm³/mol. The SMILES string of the molecule is CC1CCc2nc3c(n2C1)C(C)(C)CC3C. The Balaban J connectivity index is 2.15. The van der Waals surface area contributed by atoms with Crippen LogP contribution >= 0.6 is 0 Å². The van der Waals surface area contributed by atoms with Gasteiger partial charge in [0, 0.05) is 30.0 Å². The molecule has 2 heterocycles. The molecule has 0 saturated carbocycles. The van der Waals surface area contributed by atoms with Crippen LogP contribution in [-0.4, -0.2) is 9.55 Å². The third-order valence-corrected chi connectivity index (χ3v) is 4.35. The maximum atomic E-state index is 4.91. The normalized spacial score (nSPS) is 31.2. The zero-order chi connectivity index (χ0) is 11.5. The van der Waals surface area contributed by atoms with Gasteiger partial charge in [-0.05, 0) is 18.8 Å². The molecule has 0 N–H and O–H groups in total. The van der Waals surface area contributed by atoms with Crippen molar-refractivity contribution in [2.75, 3.05) is 0 Å². The van der Waals surface area contributed by atoms with Crippen molar-refractivity contribution in [3.05, 3.63) is 17.2 Å².